The Morgan fingerprint density at radius 1 is 0.889 bits per heavy atom. The lowest BCUT2D eigenvalue weighted by atomic mass is 10.0. The number of ether oxygens (including phenoxy) is 2. The van der Waals surface area contributed by atoms with Crippen LogP contribution in [0.2, 0.25) is 0 Å². The van der Waals surface area contributed by atoms with Gasteiger partial charge >= 0.3 is 0 Å². The summed E-state index contributed by atoms with van der Waals surface area (Å²) in [5.41, 5.74) is 2.87. The van der Waals surface area contributed by atoms with Crippen molar-refractivity contribution in [2.75, 3.05) is 26.1 Å². The van der Waals surface area contributed by atoms with Crippen LogP contribution in [0.25, 0.3) is 10.6 Å². The first kappa shape index (κ1) is 18.8. The highest BCUT2D eigenvalue weighted by atomic mass is 35.5. The molecule has 4 nitrogen and oxygen atoms in total. The summed E-state index contributed by atoms with van der Waals surface area (Å²) in [5.74, 6) is 2.10. The highest BCUT2D eigenvalue weighted by Gasteiger charge is 2.13. The van der Waals surface area contributed by atoms with Gasteiger partial charge in [0.05, 0.1) is 19.3 Å². The lowest BCUT2D eigenvalue weighted by Crippen LogP contribution is -2.06. The minimum absolute atomic E-state index is 0.536. The number of hydrogen-bond donors (Lipinski definition) is 1. The van der Waals surface area contributed by atoms with Gasteiger partial charge in [0.1, 0.15) is 5.82 Å². The summed E-state index contributed by atoms with van der Waals surface area (Å²) >= 11 is 6.82. The molecular weight excluding hydrogens is 360 g/mol. The topological polar surface area (TPSA) is 43.4 Å². The summed E-state index contributed by atoms with van der Waals surface area (Å²) in [6.07, 6.45) is 1.75. The van der Waals surface area contributed by atoms with E-state index in [1.807, 2.05) is 66.7 Å². The van der Waals surface area contributed by atoms with Crippen LogP contribution in [0.4, 0.5) is 5.82 Å². The number of pyridine rings is 1. The fourth-order valence-corrected chi connectivity index (χ4v) is 3.03. The summed E-state index contributed by atoms with van der Waals surface area (Å²) in [6, 6.07) is 21.5. The van der Waals surface area contributed by atoms with Gasteiger partial charge in [-0.05, 0) is 47.0 Å². The molecule has 0 bridgehead atoms. The maximum absolute atomic E-state index is 6.82. The van der Waals surface area contributed by atoms with Crippen LogP contribution in [0.3, 0.4) is 0 Å². The monoisotopic (exact) mass is 380 g/mol. The normalized spacial score (nSPS) is 11.5. The van der Waals surface area contributed by atoms with Gasteiger partial charge in [-0.25, -0.2) is 4.98 Å². The van der Waals surface area contributed by atoms with E-state index >= 15 is 0 Å². The van der Waals surface area contributed by atoms with Gasteiger partial charge in [0, 0.05) is 12.7 Å². The summed E-state index contributed by atoms with van der Waals surface area (Å²) in [6.45, 7) is 0.536. The third-order valence-corrected chi connectivity index (χ3v) is 4.58. The zero-order valence-electron chi connectivity index (χ0n) is 15.3. The number of nitrogens with one attached hydrogen (secondary N) is 1. The first-order valence-corrected chi connectivity index (χ1v) is 8.92. The molecule has 3 rings (SSSR count). The third kappa shape index (κ3) is 4.60. The number of halogens is 1. The smallest absolute Gasteiger partial charge is 0.161 e. The van der Waals surface area contributed by atoms with Crippen LogP contribution in [-0.2, 0) is 0 Å². The van der Waals surface area contributed by atoms with E-state index in [2.05, 4.69) is 10.3 Å². The van der Waals surface area contributed by atoms with Crippen molar-refractivity contribution in [3.05, 3.63) is 84.1 Å². The Morgan fingerprint density at radius 2 is 1.63 bits per heavy atom. The lowest BCUT2D eigenvalue weighted by molar-refractivity contribution is 0.355. The molecule has 0 spiro atoms. The van der Waals surface area contributed by atoms with Crippen molar-refractivity contribution in [2.45, 2.75) is 0 Å². The highest BCUT2D eigenvalue weighted by molar-refractivity contribution is 6.52. The zero-order valence-corrected chi connectivity index (χ0v) is 16.0. The average molecular weight is 381 g/mol. The molecule has 0 fully saturated rings. The summed E-state index contributed by atoms with van der Waals surface area (Å²) < 4.78 is 10.7. The average Bonchev–Trinajstić information content (AvgIpc) is 2.74. The number of methoxy groups -OCH3 is 2. The molecule has 27 heavy (non-hydrogen) atoms. The van der Waals surface area contributed by atoms with Crippen molar-refractivity contribution >= 4 is 28.0 Å². The van der Waals surface area contributed by atoms with Crippen molar-refractivity contribution in [1.29, 1.82) is 0 Å². The molecule has 0 atom stereocenters. The first-order chi connectivity index (χ1) is 13.2. The Bertz CT molecular complexity index is 912. The van der Waals surface area contributed by atoms with Gasteiger partial charge in [0.25, 0.3) is 0 Å². The van der Waals surface area contributed by atoms with Crippen molar-refractivity contribution in [1.82, 2.24) is 4.98 Å². The molecule has 2 aromatic carbocycles. The van der Waals surface area contributed by atoms with Crippen LogP contribution >= 0.6 is 11.6 Å². The number of rotatable bonds is 7. The second kappa shape index (κ2) is 9.10. The number of aromatic nitrogens is 1. The maximum Gasteiger partial charge on any atom is 0.161 e. The fraction of sp³-hybridized carbons (Fsp3) is 0.136. The van der Waals surface area contributed by atoms with Gasteiger partial charge in [-0.1, -0.05) is 48.0 Å². The van der Waals surface area contributed by atoms with Crippen LogP contribution in [-0.4, -0.2) is 25.7 Å². The fourth-order valence-electron chi connectivity index (χ4n) is 2.74. The Hall–Kier alpha value is -2.98. The summed E-state index contributed by atoms with van der Waals surface area (Å²) in [5, 5.41) is 3.98. The quantitative estimate of drug-likeness (QED) is 0.563. The SMILES string of the molecule is COc1ccc(/C(Cl)=C(\CNc2ccccn2)c2ccccc2)cc1OC. The van der Waals surface area contributed by atoms with Gasteiger partial charge < -0.3 is 14.8 Å². The molecule has 1 N–H and O–H groups in total. The summed E-state index contributed by atoms with van der Waals surface area (Å²) in [4.78, 5) is 4.31. The molecule has 0 saturated heterocycles. The molecule has 0 radical (unpaired) electrons. The molecule has 5 heteroatoms. The third-order valence-electron chi connectivity index (χ3n) is 4.14. The zero-order chi connectivity index (χ0) is 19.1. The van der Waals surface area contributed by atoms with E-state index in [-0.39, 0.29) is 0 Å². The Morgan fingerprint density at radius 3 is 2.30 bits per heavy atom. The molecular formula is C22H21ClN2O2. The lowest BCUT2D eigenvalue weighted by Gasteiger charge is -2.15. The molecule has 0 aliphatic rings. The second-order valence-corrected chi connectivity index (χ2v) is 6.17. The van der Waals surface area contributed by atoms with Gasteiger partial charge in [0.15, 0.2) is 11.5 Å². The van der Waals surface area contributed by atoms with E-state index in [1.54, 1.807) is 20.4 Å². The van der Waals surface area contributed by atoms with E-state index in [0.29, 0.717) is 23.1 Å². The molecule has 0 aliphatic carbocycles. The minimum Gasteiger partial charge on any atom is -0.493 e. The van der Waals surface area contributed by atoms with E-state index in [4.69, 9.17) is 21.1 Å². The molecule has 1 aromatic heterocycles. The minimum atomic E-state index is 0.536. The predicted molar refractivity (Wildman–Crippen MR) is 111 cm³/mol. The molecule has 0 saturated carbocycles. The van der Waals surface area contributed by atoms with E-state index in [0.717, 1.165) is 22.5 Å². The molecule has 3 aromatic rings. The van der Waals surface area contributed by atoms with E-state index in [9.17, 15) is 0 Å². The van der Waals surface area contributed by atoms with Crippen LogP contribution in [0.5, 0.6) is 11.5 Å². The van der Waals surface area contributed by atoms with Crippen molar-refractivity contribution in [2.24, 2.45) is 0 Å². The molecule has 0 amide bonds. The number of nitrogens with zero attached hydrogens (tertiary/aromatic N) is 1. The van der Waals surface area contributed by atoms with Gasteiger partial charge in [-0.3, -0.25) is 0 Å². The number of benzene rings is 2. The Kier molecular flexibility index (Phi) is 6.34. The number of hydrogen-bond acceptors (Lipinski definition) is 4. The Balaban J connectivity index is 2.00. The predicted octanol–water partition coefficient (Wildman–Crippen LogP) is 5.32. The molecule has 138 valence electrons. The number of anilines is 1. The van der Waals surface area contributed by atoms with Crippen LogP contribution in [0.15, 0.2) is 72.9 Å². The van der Waals surface area contributed by atoms with Crippen LogP contribution in [0.1, 0.15) is 11.1 Å². The van der Waals surface area contributed by atoms with Gasteiger partial charge in [-0.2, -0.15) is 0 Å². The van der Waals surface area contributed by atoms with E-state index in [1.165, 1.54) is 0 Å². The molecule has 0 aliphatic heterocycles. The van der Waals surface area contributed by atoms with Crippen LogP contribution < -0.4 is 14.8 Å². The Labute approximate surface area is 164 Å². The largest absolute Gasteiger partial charge is 0.493 e. The standard InChI is InChI=1S/C22H21ClN2O2/c1-26-19-12-11-17(14-20(19)27-2)22(23)18(16-8-4-3-5-9-16)15-25-21-10-6-7-13-24-21/h3-14H,15H2,1-2H3,(H,24,25)/b22-18-. The molecule has 0 unspecified atom stereocenters. The highest BCUT2D eigenvalue weighted by Crippen LogP contribution is 2.35. The van der Waals surface area contributed by atoms with E-state index < -0.39 is 0 Å². The maximum atomic E-state index is 6.82. The summed E-state index contributed by atoms with van der Waals surface area (Å²) in [7, 11) is 3.22. The van der Waals surface area contributed by atoms with Crippen LogP contribution in [0, 0.1) is 0 Å². The van der Waals surface area contributed by atoms with Crippen molar-refractivity contribution in [3.63, 3.8) is 0 Å². The second-order valence-electron chi connectivity index (χ2n) is 5.80. The van der Waals surface area contributed by atoms with Crippen molar-refractivity contribution in [3.8, 4) is 11.5 Å². The van der Waals surface area contributed by atoms with Gasteiger partial charge in [-0.15, -0.1) is 0 Å². The van der Waals surface area contributed by atoms with Gasteiger partial charge in [0.2, 0.25) is 0 Å². The molecule has 1 heterocycles. The first-order valence-electron chi connectivity index (χ1n) is 8.54. The van der Waals surface area contributed by atoms with Crippen molar-refractivity contribution < 1.29 is 9.47 Å².